The molecular formula is C11H11BrO2. The van der Waals surface area contributed by atoms with Crippen molar-refractivity contribution in [3.8, 4) is 0 Å². The third-order valence-electron chi connectivity index (χ3n) is 2.03. The highest BCUT2D eigenvalue weighted by molar-refractivity contribution is 9.10. The number of hydrogen-bond donors (Lipinski definition) is 1. The van der Waals surface area contributed by atoms with Crippen molar-refractivity contribution in [3.63, 3.8) is 0 Å². The molecular weight excluding hydrogens is 244 g/mol. The first-order chi connectivity index (χ1) is 6.65. The number of fused-ring (bicyclic) bond motifs is 1. The number of hydrogen-bond acceptors (Lipinski definition) is 2. The Kier molecular flexibility index (Phi) is 2.61. The van der Waals surface area contributed by atoms with E-state index >= 15 is 0 Å². The summed E-state index contributed by atoms with van der Waals surface area (Å²) in [5.41, 5.74) is 0.865. The van der Waals surface area contributed by atoms with E-state index in [-0.39, 0.29) is 6.10 Å². The van der Waals surface area contributed by atoms with Crippen LogP contribution >= 0.6 is 15.9 Å². The predicted molar refractivity (Wildman–Crippen MR) is 59.3 cm³/mol. The van der Waals surface area contributed by atoms with Crippen LogP contribution in [0.25, 0.3) is 11.0 Å². The molecule has 2 aromatic rings. The Morgan fingerprint density at radius 3 is 2.93 bits per heavy atom. The molecule has 0 radical (unpaired) electrons. The van der Waals surface area contributed by atoms with Crippen molar-refractivity contribution >= 4 is 26.9 Å². The molecule has 0 saturated carbocycles. The maximum atomic E-state index is 9.22. The first-order valence-corrected chi connectivity index (χ1v) is 5.30. The van der Waals surface area contributed by atoms with Gasteiger partial charge in [0.25, 0.3) is 0 Å². The van der Waals surface area contributed by atoms with Gasteiger partial charge >= 0.3 is 0 Å². The van der Waals surface area contributed by atoms with Crippen LogP contribution < -0.4 is 0 Å². The van der Waals surface area contributed by atoms with Gasteiger partial charge < -0.3 is 9.52 Å². The van der Waals surface area contributed by atoms with Crippen LogP contribution in [-0.2, 0) is 6.42 Å². The highest BCUT2D eigenvalue weighted by Crippen LogP contribution is 2.23. The number of aliphatic hydroxyl groups excluding tert-OH is 1. The van der Waals surface area contributed by atoms with E-state index in [0.29, 0.717) is 6.42 Å². The number of rotatable bonds is 2. The molecule has 2 rings (SSSR count). The second kappa shape index (κ2) is 3.75. The van der Waals surface area contributed by atoms with Gasteiger partial charge in [0.15, 0.2) is 0 Å². The largest absolute Gasteiger partial charge is 0.461 e. The quantitative estimate of drug-likeness (QED) is 0.894. The lowest BCUT2D eigenvalue weighted by molar-refractivity contribution is 0.188. The Morgan fingerprint density at radius 2 is 2.21 bits per heavy atom. The Morgan fingerprint density at radius 1 is 1.43 bits per heavy atom. The first-order valence-electron chi connectivity index (χ1n) is 4.51. The third-order valence-corrected chi connectivity index (χ3v) is 2.52. The average Bonchev–Trinajstić information content (AvgIpc) is 2.44. The maximum Gasteiger partial charge on any atom is 0.134 e. The molecule has 1 N–H and O–H groups in total. The van der Waals surface area contributed by atoms with E-state index < -0.39 is 0 Å². The summed E-state index contributed by atoms with van der Waals surface area (Å²) in [5, 5.41) is 10.3. The Balaban J connectivity index is 2.41. The van der Waals surface area contributed by atoms with Crippen molar-refractivity contribution in [2.45, 2.75) is 19.4 Å². The molecule has 0 aliphatic heterocycles. The molecule has 1 aromatic carbocycles. The zero-order chi connectivity index (χ0) is 10.1. The summed E-state index contributed by atoms with van der Waals surface area (Å²) in [6, 6.07) is 7.83. The van der Waals surface area contributed by atoms with Crippen LogP contribution in [0.1, 0.15) is 12.7 Å². The first kappa shape index (κ1) is 9.74. The summed E-state index contributed by atoms with van der Waals surface area (Å²) >= 11 is 3.40. The van der Waals surface area contributed by atoms with Gasteiger partial charge in [-0.25, -0.2) is 0 Å². The highest BCUT2D eigenvalue weighted by Gasteiger charge is 2.06. The van der Waals surface area contributed by atoms with Crippen LogP contribution in [0.4, 0.5) is 0 Å². The van der Waals surface area contributed by atoms with Gasteiger partial charge in [-0.15, -0.1) is 0 Å². The Labute approximate surface area is 90.7 Å². The fourth-order valence-electron chi connectivity index (χ4n) is 1.46. The molecule has 0 fully saturated rings. The van der Waals surface area contributed by atoms with Crippen molar-refractivity contribution in [2.24, 2.45) is 0 Å². The van der Waals surface area contributed by atoms with Gasteiger partial charge in [-0.3, -0.25) is 0 Å². The molecule has 0 aliphatic carbocycles. The van der Waals surface area contributed by atoms with E-state index in [2.05, 4.69) is 15.9 Å². The average molecular weight is 255 g/mol. The summed E-state index contributed by atoms with van der Waals surface area (Å²) in [4.78, 5) is 0. The van der Waals surface area contributed by atoms with E-state index in [4.69, 9.17) is 4.42 Å². The van der Waals surface area contributed by atoms with Crippen LogP contribution in [0.15, 0.2) is 33.2 Å². The minimum Gasteiger partial charge on any atom is -0.461 e. The fourth-order valence-corrected chi connectivity index (χ4v) is 1.84. The molecule has 14 heavy (non-hydrogen) atoms. The van der Waals surface area contributed by atoms with Crippen LogP contribution in [0.2, 0.25) is 0 Å². The van der Waals surface area contributed by atoms with E-state index in [9.17, 15) is 5.11 Å². The van der Waals surface area contributed by atoms with Gasteiger partial charge in [-0.05, 0) is 31.2 Å². The van der Waals surface area contributed by atoms with Crippen LogP contribution in [-0.4, -0.2) is 11.2 Å². The van der Waals surface area contributed by atoms with Crippen molar-refractivity contribution < 1.29 is 9.52 Å². The smallest absolute Gasteiger partial charge is 0.134 e. The topological polar surface area (TPSA) is 33.4 Å². The zero-order valence-corrected chi connectivity index (χ0v) is 9.41. The molecule has 3 heteroatoms. The van der Waals surface area contributed by atoms with Crippen molar-refractivity contribution in [3.05, 3.63) is 34.5 Å². The summed E-state index contributed by atoms with van der Waals surface area (Å²) in [7, 11) is 0. The Bertz CT molecular complexity index is 445. The van der Waals surface area contributed by atoms with E-state index in [1.807, 2.05) is 24.3 Å². The third kappa shape index (κ3) is 1.99. The van der Waals surface area contributed by atoms with Gasteiger partial charge in [0.2, 0.25) is 0 Å². The SMILES string of the molecule is CC(O)Cc1cc2cc(Br)ccc2o1. The van der Waals surface area contributed by atoms with Gasteiger partial charge in [0.1, 0.15) is 11.3 Å². The summed E-state index contributed by atoms with van der Waals surface area (Å²) < 4.78 is 6.59. The van der Waals surface area contributed by atoms with Crippen molar-refractivity contribution in [1.82, 2.24) is 0 Å². The van der Waals surface area contributed by atoms with E-state index in [1.54, 1.807) is 6.92 Å². The summed E-state index contributed by atoms with van der Waals surface area (Å²) in [6.45, 7) is 1.75. The van der Waals surface area contributed by atoms with Crippen LogP contribution in [0.3, 0.4) is 0 Å². The predicted octanol–water partition coefficient (Wildman–Crippen LogP) is 3.12. The molecule has 1 aromatic heterocycles. The normalized spacial score (nSPS) is 13.4. The molecule has 0 aliphatic rings. The number of furan rings is 1. The molecule has 0 amide bonds. The van der Waals surface area contributed by atoms with Gasteiger partial charge in [-0.2, -0.15) is 0 Å². The highest BCUT2D eigenvalue weighted by atomic mass is 79.9. The molecule has 1 atom stereocenters. The molecule has 2 nitrogen and oxygen atoms in total. The van der Waals surface area contributed by atoms with Gasteiger partial charge in [0, 0.05) is 16.3 Å². The fraction of sp³-hybridized carbons (Fsp3) is 0.273. The van der Waals surface area contributed by atoms with E-state index in [0.717, 1.165) is 21.2 Å². The Hall–Kier alpha value is -0.800. The van der Waals surface area contributed by atoms with Crippen molar-refractivity contribution in [1.29, 1.82) is 0 Å². The summed E-state index contributed by atoms with van der Waals surface area (Å²) in [6.07, 6.45) is 0.200. The lowest BCUT2D eigenvalue weighted by Gasteiger charge is -1.97. The lowest BCUT2D eigenvalue weighted by atomic mass is 10.2. The maximum absolute atomic E-state index is 9.22. The zero-order valence-electron chi connectivity index (χ0n) is 7.83. The van der Waals surface area contributed by atoms with Crippen LogP contribution in [0, 0.1) is 0 Å². The standard InChI is InChI=1S/C11H11BrO2/c1-7(13)4-10-6-8-5-9(12)2-3-11(8)14-10/h2-3,5-7,13H,4H2,1H3. The molecule has 0 bridgehead atoms. The second-order valence-electron chi connectivity index (χ2n) is 3.45. The van der Waals surface area contributed by atoms with Gasteiger partial charge in [-0.1, -0.05) is 15.9 Å². The summed E-state index contributed by atoms with van der Waals surface area (Å²) in [5.74, 6) is 0.827. The van der Waals surface area contributed by atoms with Crippen LogP contribution in [0.5, 0.6) is 0 Å². The minimum absolute atomic E-state index is 0.362. The molecule has 1 heterocycles. The number of benzene rings is 1. The number of aliphatic hydroxyl groups is 1. The lowest BCUT2D eigenvalue weighted by Crippen LogP contribution is -2.02. The number of halogens is 1. The van der Waals surface area contributed by atoms with Gasteiger partial charge in [0.05, 0.1) is 6.10 Å². The molecule has 0 spiro atoms. The molecule has 74 valence electrons. The molecule has 1 unspecified atom stereocenters. The second-order valence-corrected chi connectivity index (χ2v) is 4.36. The molecule has 0 saturated heterocycles. The van der Waals surface area contributed by atoms with Crippen molar-refractivity contribution in [2.75, 3.05) is 0 Å². The monoisotopic (exact) mass is 254 g/mol. The minimum atomic E-state index is -0.362. The van der Waals surface area contributed by atoms with E-state index in [1.165, 1.54) is 0 Å².